The molecular formula is C18H21NO3. The summed E-state index contributed by atoms with van der Waals surface area (Å²) in [5.41, 5.74) is 4.69. The van der Waals surface area contributed by atoms with Gasteiger partial charge in [-0.1, -0.05) is 6.07 Å². The topological polar surface area (TPSA) is 39.7 Å². The Morgan fingerprint density at radius 2 is 1.82 bits per heavy atom. The molecule has 4 heteroatoms. The molecule has 22 heavy (non-hydrogen) atoms. The predicted octanol–water partition coefficient (Wildman–Crippen LogP) is 3.91. The van der Waals surface area contributed by atoms with E-state index < -0.39 is 0 Å². The van der Waals surface area contributed by atoms with Crippen molar-refractivity contribution in [2.24, 2.45) is 0 Å². The second kappa shape index (κ2) is 6.28. The predicted molar refractivity (Wildman–Crippen MR) is 86.5 cm³/mol. The van der Waals surface area contributed by atoms with Crippen LogP contribution in [0.4, 0.5) is 5.69 Å². The van der Waals surface area contributed by atoms with Crippen molar-refractivity contribution in [1.29, 1.82) is 0 Å². The number of benzene rings is 2. The van der Waals surface area contributed by atoms with E-state index in [4.69, 9.17) is 14.2 Å². The highest BCUT2D eigenvalue weighted by Crippen LogP contribution is 2.32. The standard InChI is InChI=1S/C18H21NO3/c1-12(17-9-16(20-2)6-7-18(17)21-3)19-15-5-4-13-10-22-11-14(13)8-15/h4-9,12,19H,10-11H2,1-3H3/t12-/m0/s1. The number of anilines is 1. The molecular weight excluding hydrogens is 278 g/mol. The maximum atomic E-state index is 5.46. The Morgan fingerprint density at radius 1 is 1.00 bits per heavy atom. The average molecular weight is 299 g/mol. The molecule has 0 unspecified atom stereocenters. The van der Waals surface area contributed by atoms with Crippen LogP contribution in [0.2, 0.25) is 0 Å². The molecule has 0 saturated carbocycles. The molecule has 1 aliphatic rings. The van der Waals surface area contributed by atoms with Crippen molar-refractivity contribution >= 4 is 5.69 Å². The van der Waals surface area contributed by atoms with Crippen LogP contribution in [0.5, 0.6) is 11.5 Å². The zero-order valence-electron chi connectivity index (χ0n) is 13.2. The van der Waals surface area contributed by atoms with Crippen LogP contribution in [0.15, 0.2) is 36.4 Å². The largest absolute Gasteiger partial charge is 0.497 e. The minimum atomic E-state index is 0.102. The van der Waals surface area contributed by atoms with E-state index in [1.807, 2.05) is 18.2 Å². The first-order valence-electron chi connectivity index (χ1n) is 7.39. The first-order valence-corrected chi connectivity index (χ1v) is 7.39. The summed E-state index contributed by atoms with van der Waals surface area (Å²) < 4.78 is 16.2. The number of fused-ring (bicyclic) bond motifs is 1. The molecule has 0 amide bonds. The first-order chi connectivity index (χ1) is 10.7. The summed E-state index contributed by atoms with van der Waals surface area (Å²) in [5, 5.41) is 3.52. The molecule has 0 aromatic heterocycles. The lowest BCUT2D eigenvalue weighted by Gasteiger charge is -2.19. The minimum Gasteiger partial charge on any atom is -0.497 e. The number of hydrogen-bond acceptors (Lipinski definition) is 4. The molecule has 1 heterocycles. The van der Waals surface area contributed by atoms with Crippen LogP contribution in [0.1, 0.15) is 29.7 Å². The van der Waals surface area contributed by atoms with Crippen LogP contribution in [-0.4, -0.2) is 14.2 Å². The summed E-state index contributed by atoms with van der Waals surface area (Å²) in [6.45, 7) is 3.53. The fourth-order valence-electron chi connectivity index (χ4n) is 2.77. The van der Waals surface area contributed by atoms with Gasteiger partial charge in [-0.05, 0) is 48.4 Å². The van der Waals surface area contributed by atoms with Gasteiger partial charge < -0.3 is 19.5 Å². The monoisotopic (exact) mass is 299 g/mol. The van der Waals surface area contributed by atoms with Gasteiger partial charge in [0, 0.05) is 11.3 Å². The lowest BCUT2D eigenvalue weighted by atomic mass is 10.0. The molecule has 3 rings (SSSR count). The van der Waals surface area contributed by atoms with Gasteiger partial charge in [0.1, 0.15) is 11.5 Å². The van der Waals surface area contributed by atoms with Crippen LogP contribution < -0.4 is 14.8 Å². The Labute approximate surface area is 131 Å². The summed E-state index contributed by atoms with van der Waals surface area (Å²) in [6, 6.07) is 12.3. The van der Waals surface area contributed by atoms with Crippen LogP contribution in [0.3, 0.4) is 0 Å². The molecule has 0 radical (unpaired) electrons. The molecule has 1 aliphatic heterocycles. The molecule has 0 saturated heterocycles. The lowest BCUT2D eigenvalue weighted by Crippen LogP contribution is -2.08. The quantitative estimate of drug-likeness (QED) is 0.908. The molecule has 0 fully saturated rings. The summed E-state index contributed by atoms with van der Waals surface area (Å²) in [5.74, 6) is 1.68. The number of hydrogen-bond donors (Lipinski definition) is 1. The van der Waals surface area contributed by atoms with Crippen molar-refractivity contribution in [2.45, 2.75) is 26.2 Å². The lowest BCUT2D eigenvalue weighted by molar-refractivity contribution is 0.134. The smallest absolute Gasteiger partial charge is 0.124 e. The highest BCUT2D eigenvalue weighted by Gasteiger charge is 2.15. The number of nitrogens with one attached hydrogen (secondary N) is 1. The molecule has 0 aliphatic carbocycles. The van der Waals surface area contributed by atoms with E-state index in [1.165, 1.54) is 11.1 Å². The summed E-state index contributed by atoms with van der Waals surface area (Å²) in [6.07, 6.45) is 0. The highest BCUT2D eigenvalue weighted by atomic mass is 16.5. The molecule has 4 nitrogen and oxygen atoms in total. The molecule has 1 N–H and O–H groups in total. The highest BCUT2D eigenvalue weighted by molar-refractivity contribution is 5.52. The van der Waals surface area contributed by atoms with Gasteiger partial charge in [0.15, 0.2) is 0 Å². The molecule has 1 atom stereocenters. The van der Waals surface area contributed by atoms with E-state index in [9.17, 15) is 0 Å². The van der Waals surface area contributed by atoms with E-state index in [1.54, 1.807) is 14.2 Å². The van der Waals surface area contributed by atoms with Crippen molar-refractivity contribution in [2.75, 3.05) is 19.5 Å². The van der Waals surface area contributed by atoms with Gasteiger partial charge in [-0.3, -0.25) is 0 Å². The Morgan fingerprint density at radius 3 is 2.59 bits per heavy atom. The molecule has 2 aromatic rings. The van der Waals surface area contributed by atoms with Crippen molar-refractivity contribution < 1.29 is 14.2 Å². The average Bonchev–Trinajstić information content (AvgIpc) is 3.01. The van der Waals surface area contributed by atoms with Gasteiger partial charge in [0.2, 0.25) is 0 Å². The van der Waals surface area contributed by atoms with Gasteiger partial charge in [0.25, 0.3) is 0 Å². The third-order valence-electron chi connectivity index (χ3n) is 4.01. The van der Waals surface area contributed by atoms with Crippen molar-refractivity contribution in [3.63, 3.8) is 0 Å². The van der Waals surface area contributed by atoms with E-state index in [0.717, 1.165) is 29.4 Å². The van der Waals surface area contributed by atoms with Crippen LogP contribution in [0, 0.1) is 0 Å². The summed E-state index contributed by atoms with van der Waals surface area (Å²) in [4.78, 5) is 0. The van der Waals surface area contributed by atoms with Crippen LogP contribution >= 0.6 is 0 Å². The second-order valence-corrected chi connectivity index (χ2v) is 5.45. The van der Waals surface area contributed by atoms with Gasteiger partial charge in [-0.25, -0.2) is 0 Å². The molecule has 2 aromatic carbocycles. The Balaban J connectivity index is 1.83. The Hall–Kier alpha value is -2.20. The third kappa shape index (κ3) is 2.88. The van der Waals surface area contributed by atoms with Gasteiger partial charge >= 0.3 is 0 Å². The minimum absolute atomic E-state index is 0.102. The fraction of sp³-hybridized carbons (Fsp3) is 0.333. The van der Waals surface area contributed by atoms with Crippen molar-refractivity contribution in [3.8, 4) is 11.5 Å². The van der Waals surface area contributed by atoms with E-state index >= 15 is 0 Å². The molecule has 0 bridgehead atoms. The summed E-state index contributed by atoms with van der Waals surface area (Å²) >= 11 is 0. The normalized spacial score (nSPS) is 14.3. The number of ether oxygens (including phenoxy) is 3. The molecule has 0 spiro atoms. The zero-order valence-corrected chi connectivity index (χ0v) is 13.2. The van der Waals surface area contributed by atoms with E-state index in [2.05, 4.69) is 30.4 Å². The van der Waals surface area contributed by atoms with Gasteiger partial charge in [0.05, 0.1) is 33.5 Å². The van der Waals surface area contributed by atoms with E-state index in [0.29, 0.717) is 6.61 Å². The molecule has 116 valence electrons. The maximum absolute atomic E-state index is 5.46. The number of rotatable bonds is 5. The maximum Gasteiger partial charge on any atom is 0.124 e. The van der Waals surface area contributed by atoms with Crippen LogP contribution in [-0.2, 0) is 18.0 Å². The Kier molecular flexibility index (Phi) is 4.20. The second-order valence-electron chi connectivity index (χ2n) is 5.45. The SMILES string of the molecule is COc1ccc(OC)c([C@H](C)Nc2ccc3c(c2)COC3)c1. The van der Waals surface area contributed by atoms with E-state index in [-0.39, 0.29) is 6.04 Å². The summed E-state index contributed by atoms with van der Waals surface area (Å²) in [7, 11) is 3.36. The van der Waals surface area contributed by atoms with Gasteiger partial charge in [-0.2, -0.15) is 0 Å². The van der Waals surface area contributed by atoms with Crippen molar-refractivity contribution in [3.05, 3.63) is 53.1 Å². The third-order valence-corrected chi connectivity index (χ3v) is 4.01. The van der Waals surface area contributed by atoms with Crippen LogP contribution in [0.25, 0.3) is 0 Å². The van der Waals surface area contributed by atoms with Gasteiger partial charge in [-0.15, -0.1) is 0 Å². The first kappa shape index (κ1) is 14.7. The number of methoxy groups -OCH3 is 2. The Bertz CT molecular complexity index is 669. The zero-order chi connectivity index (χ0) is 15.5. The van der Waals surface area contributed by atoms with Crippen molar-refractivity contribution in [1.82, 2.24) is 0 Å². The fourth-order valence-corrected chi connectivity index (χ4v) is 2.77.